The third-order valence-corrected chi connectivity index (χ3v) is 3.94. The van der Waals surface area contributed by atoms with Crippen LogP contribution in [0, 0.1) is 0 Å². The summed E-state index contributed by atoms with van der Waals surface area (Å²) in [5, 5.41) is 11.1. The highest BCUT2D eigenvalue weighted by Crippen LogP contribution is 2.38. The molecule has 22 heavy (non-hydrogen) atoms. The van der Waals surface area contributed by atoms with Gasteiger partial charge in [0.25, 0.3) is 0 Å². The van der Waals surface area contributed by atoms with Gasteiger partial charge in [0.15, 0.2) is 5.72 Å². The van der Waals surface area contributed by atoms with Gasteiger partial charge in [-0.2, -0.15) is 0 Å². The summed E-state index contributed by atoms with van der Waals surface area (Å²) in [4.78, 5) is 0. The van der Waals surface area contributed by atoms with Crippen LogP contribution in [0.25, 0.3) is 0 Å². The Labute approximate surface area is 130 Å². The van der Waals surface area contributed by atoms with Gasteiger partial charge in [-0.3, -0.25) is 5.73 Å². The second kappa shape index (κ2) is 6.14. The van der Waals surface area contributed by atoms with Crippen LogP contribution >= 0.6 is 0 Å². The van der Waals surface area contributed by atoms with Crippen LogP contribution < -0.4 is 5.73 Å². The molecule has 0 radical (unpaired) electrons. The maximum atomic E-state index is 11.1. The highest BCUT2D eigenvalue weighted by Gasteiger charge is 2.36. The van der Waals surface area contributed by atoms with Crippen LogP contribution in [0.15, 0.2) is 91.0 Å². The van der Waals surface area contributed by atoms with E-state index in [1.54, 1.807) is 0 Å². The number of benzene rings is 3. The average Bonchev–Trinajstić information content (AvgIpc) is 2.58. The van der Waals surface area contributed by atoms with Crippen LogP contribution in [0.4, 0.5) is 0 Å². The summed E-state index contributed by atoms with van der Waals surface area (Å²) in [5.41, 5.74) is 7.60. The third-order valence-electron chi connectivity index (χ3n) is 3.94. The monoisotopic (exact) mass is 289 g/mol. The molecule has 0 fully saturated rings. The Morgan fingerprint density at radius 3 is 1.41 bits per heavy atom. The first-order valence-electron chi connectivity index (χ1n) is 7.36. The molecule has 3 N–H and O–H groups in total. The summed E-state index contributed by atoms with van der Waals surface area (Å²) in [6.07, 6.45) is 0. The third kappa shape index (κ3) is 2.80. The van der Waals surface area contributed by atoms with Gasteiger partial charge in [-0.05, 0) is 16.7 Å². The second-order valence-corrected chi connectivity index (χ2v) is 5.45. The van der Waals surface area contributed by atoms with E-state index in [9.17, 15) is 5.11 Å². The summed E-state index contributed by atoms with van der Waals surface area (Å²) >= 11 is 0. The zero-order valence-corrected chi connectivity index (χ0v) is 12.3. The smallest absolute Gasteiger partial charge is 0.150 e. The number of hydrogen-bond acceptors (Lipinski definition) is 2. The van der Waals surface area contributed by atoms with Crippen LogP contribution in [-0.4, -0.2) is 5.11 Å². The summed E-state index contributed by atoms with van der Waals surface area (Å²) in [5.74, 6) is -0.336. The molecule has 2 heteroatoms. The minimum Gasteiger partial charge on any atom is -0.371 e. The van der Waals surface area contributed by atoms with Gasteiger partial charge in [0.05, 0.1) is 5.92 Å². The van der Waals surface area contributed by atoms with E-state index in [1.807, 2.05) is 91.0 Å². The van der Waals surface area contributed by atoms with Gasteiger partial charge in [-0.25, -0.2) is 0 Å². The van der Waals surface area contributed by atoms with Crippen molar-refractivity contribution in [2.75, 3.05) is 0 Å². The van der Waals surface area contributed by atoms with E-state index in [2.05, 4.69) is 0 Å². The molecule has 1 atom stereocenters. The Balaban J connectivity index is 2.14. The van der Waals surface area contributed by atoms with Gasteiger partial charge in [0, 0.05) is 0 Å². The zero-order chi connectivity index (χ0) is 15.4. The molecule has 3 aromatic carbocycles. The second-order valence-electron chi connectivity index (χ2n) is 5.45. The van der Waals surface area contributed by atoms with Crippen LogP contribution in [0.2, 0.25) is 0 Å². The normalized spacial score (nSPS) is 13.8. The Kier molecular flexibility index (Phi) is 4.05. The lowest BCUT2D eigenvalue weighted by Crippen LogP contribution is -2.43. The Morgan fingerprint density at radius 2 is 1.00 bits per heavy atom. The first kappa shape index (κ1) is 14.5. The number of hydrogen-bond donors (Lipinski definition) is 2. The van der Waals surface area contributed by atoms with Crippen LogP contribution in [-0.2, 0) is 5.72 Å². The predicted octanol–water partition coefficient (Wildman–Crippen LogP) is 3.62. The fourth-order valence-corrected chi connectivity index (χ4v) is 2.86. The van der Waals surface area contributed by atoms with Crippen molar-refractivity contribution in [2.24, 2.45) is 5.73 Å². The van der Waals surface area contributed by atoms with E-state index < -0.39 is 5.72 Å². The van der Waals surface area contributed by atoms with Gasteiger partial charge in [0.2, 0.25) is 0 Å². The highest BCUT2D eigenvalue weighted by molar-refractivity contribution is 5.39. The molecule has 0 aliphatic carbocycles. The molecule has 0 aliphatic rings. The molecule has 2 nitrogen and oxygen atoms in total. The molecule has 0 spiro atoms. The molecule has 3 rings (SSSR count). The Bertz CT molecular complexity index is 669. The SMILES string of the molecule is NC(O)(c1ccccc1)C(c1ccccc1)c1ccccc1. The van der Waals surface area contributed by atoms with Crippen LogP contribution in [0.3, 0.4) is 0 Å². The van der Waals surface area contributed by atoms with E-state index in [-0.39, 0.29) is 5.92 Å². The molecule has 0 amide bonds. The summed E-state index contributed by atoms with van der Waals surface area (Å²) in [6, 6.07) is 29.2. The van der Waals surface area contributed by atoms with Crippen molar-refractivity contribution in [2.45, 2.75) is 11.6 Å². The Morgan fingerprint density at radius 1 is 0.636 bits per heavy atom. The molecular formula is C20H19NO. The van der Waals surface area contributed by atoms with Crippen molar-refractivity contribution < 1.29 is 5.11 Å². The highest BCUT2D eigenvalue weighted by atomic mass is 16.3. The molecule has 110 valence electrons. The molecule has 0 aromatic heterocycles. The summed E-state index contributed by atoms with van der Waals surface area (Å²) in [7, 11) is 0. The van der Waals surface area contributed by atoms with Crippen molar-refractivity contribution in [3.8, 4) is 0 Å². The molecule has 0 heterocycles. The lowest BCUT2D eigenvalue weighted by atomic mass is 9.79. The minimum atomic E-state index is -1.48. The summed E-state index contributed by atoms with van der Waals surface area (Å²) < 4.78 is 0. The molecule has 0 saturated carbocycles. The fourth-order valence-electron chi connectivity index (χ4n) is 2.86. The standard InChI is InChI=1S/C20H19NO/c21-20(22,18-14-8-3-9-15-18)19(16-10-4-1-5-11-16)17-12-6-2-7-13-17/h1-15,19,22H,21H2. The fraction of sp³-hybridized carbons (Fsp3) is 0.100. The lowest BCUT2D eigenvalue weighted by molar-refractivity contribution is 0.0258. The first-order valence-corrected chi connectivity index (χ1v) is 7.36. The molecule has 1 unspecified atom stereocenters. The van der Waals surface area contributed by atoms with Crippen LogP contribution in [0.5, 0.6) is 0 Å². The van der Waals surface area contributed by atoms with Gasteiger partial charge < -0.3 is 5.11 Å². The largest absolute Gasteiger partial charge is 0.371 e. The van der Waals surface area contributed by atoms with Crippen molar-refractivity contribution in [3.05, 3.63) is 108 Å². The first-order chi connectivity index (χ1) is 10.7. The minimum absolute atomic E-state index is 0.336. The van der Waals surface area contributed by atoms with Crippen molar-refractivity contribution >= 4 is 0 Å². The number of rotatable bonds is 4. The number of aliphatic hydroxyl groups is 1. The summed E-state index contributed by atoms with van der Waals surface area (Å²) in [6.45, 7) is 0. The average molecular weight is 289 g/mol. The molecule has 0 aliphatic heterocycles. The molecular weight excluding hydrogens is 270 g/mol. The predicted molar refractivity (Wildman–Crippen MR) is 89.3 cm³/mol. The number of nitrogens with two attached hydrogens (primary N) is 1. The maximum Gasteiger partial charge on any atom is 0.150 e. The molecule has 3 aromatic rings. The van der Waals surface area contributed by atoms with E-state index in [0.29, 0.717) is 5.56 Å². The van der Waals surface area contributed by atoms with Crippen molar-refractivity contribution in [3.63, 3.8) is 0 Å². The van der Waals surface area contributed by atoms with Crippen molar-refractivity contribution in [1.29, 1.82) is 0 Å². The van der Waals surface area contributed by atoms with E-state index >= 15 is 0 Å². The molecule has 0 bridgehead atoms. The topological polar surface area (TPSA) is 46.2 Å². The maximum absolute atomic E-state index is 11.1. The zero-order valence-electron chi connectivity index (χ0n) is 12.3. The Hall–Kier alpha value is -2.42. The lowest BCUT2D eigenvalue weighted by Gasteiger charge is -2.34. The van der Waals surface area contributed by atoms with Gasteiger partial charge >= 0.3 is 0 Å². The van der Waals surface area contributed by atoms with Gasteiger partial charge in [0.1, 0.15) is 0 Å². The van der Waals surface area contributed by atoms with E-state index in [1.165, 1.54) is 0 Å². The van der Waals surface area contributed by atoms with Gasteiger partial charge in [-0.15, -0.1) is 0 Å². The van der Waals surface area contributed by atoms with Gasteiger partial charge in [-0.1, -0.05) is 91.0 Å². The van der Waals surface area contributed by atoms with Crippen molar-refractivity contribution in [1.82, 2.24) is 0 Å². The molecule has 0 saturated heterocycles. The van der Waals surface area contributed by atoms with Crippen LogP contribution in [0.1, 0.15) is 22.6 Å². The quantitative estimate of drug-likeness (QED) is 0.721. The van der Waals surface area contributed by atoms with E-state index in [4.69, 9.17) is 5.73 Å². The van der Waals surface area contributed by atoms with E-state index in [0.717, 1.165) is 11.1 Å².